The molecule has 1 aromatic rings. The average Bonchev–Trinajstić information content (AvgIpc) is 2.60. The lowest BCUT2D eigenvalue weighted by atomic mass is 10.2. The average molecular weight is 238 g/mol. The predicted molar refractivity (Wildman–Crippen MR) is 62.7 cm³/mol. The zero-order chi connectivity index (χ0) is 13.0. The Kier molecular flexibility index (Phi) is 4.37. The van der Waals surface area contributed by atoms with Crippen LogP contribution in [0.2, 0.25) is 0 Å². The van der Waals surface area contributed by atoms with Gasteiger partial charge in [-0.15, -0.1) is 5.10 Å². The molecule has 0 aromatic carbocycles. The first-order valence-electron chi connectivity index (χ1n) is 5.66. The van der Waals surface area contributed by atoms with Crippen LogP contribution in [0.25, 0.3) is 0 Å². The van der Waals surface area contributed by atoms with Crippen molar-refractivity contribution in [2.24, 2.45) is 0 Å². The third-order valence-electron chi connectivity index (χ3n) is 2.63. The van der Waals surface area contributed by atoms with Gasteiger partial charge in [-0.05, 0) is 20.3 Å². The molecule has 0 saturated carbocycles. The van der Waals surface area contributed by atoms with E-state index in [1.165, 1.54) is 11.6 Å². The third kappa shape index (κ3) is 3.37. The molecule has 0 bridgehead atoms. The van der Waals surface area contributed by atoms with Gasteiger partial charge in [-0.25, -0.2) is 4.68 Å². The minimum absolute atomic E-state index is 0.0937. The number of hydrogen-bond donors (Lipinski definition) is 1. The normalized spacial score (nSPS) is 12.2. The number of nitrogens with zero attached hydrogens (tertiary/aromatic N) is 3. The fraction of sp³-hybridized carbons (Fsp3) is 0.636. The lowest BCUT2D eigenvalue weighted by molar-refractivity contribution is -0.122. The monoisotopic (exact) mass is 238 g/mol. The molecule has 6 heteroatoms. The smallest absolute Gasteiger partial charge is 0.242 e. The van der Waals surface area contributed by atoms with Crippen LogP contribution in [-0.2, 0) is 11.3 Å². The number of amides is 1. The molecule has 0 aliphatic rings. The molecule has 1 heterocycles. The van der Waals surface area contributed by atoms with Crippen LogP contribution in [0.3, 0.4) is 0 Å². The van der Waals surface area contributed by atoms with Gasteiger partial charge in [0.25, 0.3) is 0 Å². The van der Waals surface area contributed by atoms with Crippen molar-refractivity contribution in [2.45, 2.75) is 46.7 Å². The Labute approximate surface area is 100 Å². The van der Waals surface area contributed by atoms with Crippen LogP contribution < -0.4 is 5.32 Å². The van der Waals surface area contributed by atoms with E-state index in [1.54, 1.807) is 6.92 Å². The summed E-state index contributed by atoms with van der Waals surface area (Å²) in [5.41, 5.74) is 0.943. The van der Waals surface area contributed by atoms with Gasteiger partial charge in [0.1, 0.15) is 6.54 Å². The second-order valence-corrected chi connectivity index (χ2v) is 4.11. The summed E-state index contributed by atoms with van der Waals surface area (Å²) in [6, 6.07) is 0.138. The van der Waals surface area contributed by atoms with Gasteiger partial charge in [0.15, 0.2) is 11.5 Å². The Bertz CT molecular complexity index is 425. The summed E-state index contributed by atoms with van der Waals surface area (Å²) >= 11 is 0. The summed E-state index contributed by atoms with van der Waals surface area (Å²) < 4.78 is 1.44. The summed E-state index contributed by atoms with van der Waals surface area (Å²) in [6.45, 7) is 7.19. The number of nitrogens with one attached hydrogen (secondary N) is 1. The topological polar surface area (TPSA) is 76.9 Å². The molecule has 1 aromatic heterocycles. The Balaban J connectivity index is 2.69. The number of carbonyl (C=O) groups excluding carboxylic acids is 2. The molecule has 6 nitrogen and oxygen atoms in total. The maximum absolute atomic E-state index is 11.6. The van der Waals surface area contributed by atoms with Gasteiger partial charge >= 0.3 is 0 Å². The fourth-order valence-electron chi connectivity index (χ4n) is 1.39. The van der Waals surface area contributed by atoms with Gasteiger partial charge < -0.3 is 5.32 Å². The molecule has 1 N–H and O–H groups in total. The number of hydrogen-bond acceptors (Lipinski definition) is 4. The molecule has 0 saturated heterocycles. The number of Topliss-reactive ketones (excluding diaryl/α,β-unsaturated/α-hetero) is 1. The third-order valence-corrected chi connectivity index (χ3v) is 2.63. The Hall–Kier alpha value is -1.72. The van der Waals surface area contributed by atoms with Crippen molar-refractivity contribution in [3.8, 4) is 0 Å². The molecule has 0 radical (unpaired) electrons. The van der Waals surface area contributed by atoms with Crippen molar-refractivity contribution >= 4 is 11.7 Å². The number of aromatic nitrogens is 3. The van der Waals surface area contributed by atoms with Crippen molar-refractivity contribution in [1.82, 2.24) is 20.3 Å². The summed E-state index contributed by atoms with van der Waals surface area (Å²) in [4.78, 5) is 22.8. The Morgan fingerprint density at radius 2 is 2.12 bits per heavy atom. The van der Waals surface area contributed by atoms with E-state index >= 15 is 0 Å². The zero-order valence-electron chi connectivity index (χ0n) is 10.6. The molecule has 1 amide bonds. The van der Waals surface area contributed by atoms with E-state index in [0.29, 0.717) is 11.4 Å². The molecule has 0 fully saturated rings. The Morgan fingerprint density at radius 1 is 1.47 bits per heavy atom. The summed E-state index contributed by atoms with van der Waals surface area (Å²) in [6.07, 6.45) is 0.876. The molecule has 0 aliphatic carbocycles. The molecule has 1 atom stereocenters. The van der Waals surface area contributed by atoms with E-state index in [1.807, 2.05) is 13.8 Å². The SMILES string of the molecule is CCC(C)NC(=O)Cn1nnc(C(C)=O)c1C. The highest BCUT2D eigenvalue weighted by atomic mass is 16.2. The molecule has 1 unspecified atom stereocenters. The maximum Gasteiger partial charge on any atom is 0.242 e. The van der Waals surface area contributed by atoms with Crippen LogP contribution in [0.4, 0.5) is 0 Å². The van der Waals surface area contributed by atoms with E-state index in [2.05, 4.69) is 15.6 Å². The molecule has 0 spiro atoms. The highest BCUT2D eigenvalue weighted by molar-refractivity contribution is 5.93. The van der Waals surface area contributed by atoms with Crippen molar-refractivity contribution in [3.05, 3.63) is 11.4 Å². The quantitative estimate of drug-likeness (QED) is 0.766. The van der Waals surface area contributed by atoms with Crippen LogP contribution >= 0.6 is 0 Å². The van der Waals surface area contributed by atoms with Crippen LogP contribution in [0.15, 0.2) is 0 Å². The summed E-state index contributed by atoms with van der Waals surface area (Å²) in [5, 5.41) is 10.4. The largest absolute Gasteiger partial charge is 0.352 e. The van der Waals surface area contributed by atoms with E-state index < -0.39 is 0 Å². The van der Waals surface area contributed by atoms with E-state index in [-0.39, 0.29) is 24.3 Å². The number of ketones is 1. The molecule has 17 heavy (non-hydrogen) atoms. The number of carbonyl (C=O) groups is 2. The van der Waals surface area contributed by atoms with Crippen molar-refractivity contribution in [3.63, 3.8) is 0 Å². The van der Waals surface area contributed by atoms with Crippen molar-refractivity contribution < 1.29 is 9.59 Å². The van der Waals surface area contributed by atoms with Gasteiger partial charge in [-0.1, -0.05) is 12.1 Å². The molecule has 0 aliphatic heterocycles. The summed E-state index contributed by atoms with van der Waals surface area (Å²) in [5.74, 6) is -0.265. The lowest BCUT2D eigenvalue weighted by Gasteiger charge is -2.11. The van der Waals surface area contributed by atoms with Gasteiger partial charge in [0.2, 0.25) is 5.91 Å². The first kappa shape index (κ1) is 13.3. The number of rotatable bonds is 5. The second-order valence-electron chi connectivity index (χ2n) is 4.11. The van der Waals surface area contributed by atoms with E-state index in [4.69, 9.17) is 0 Å². The highest BCUT2D eigenvalue weighted by Crippen LogP contribution is 2.04. The van der Waals surface area contributed by atoms with E-state index in [0.717, 1.165) is 6.42 Å². The van der Waals surface area contributed by atoms with Crippen LogP contribution in [0.5, 0.6) is 0 Å². The summed E-state index contributed by atoms with van der Waals surface area (Å²) in [7, 11) is 0. The Morgan fingerprint density at radius 3 is 2.59 bits per heavy atom. The van der Waals surface area contributed by atoms with Crippen LogP contribution in [0.1, 0.15) is 43.4 Å². The van der Waals surface area contributed by atoms with E-state index in [9.17, 15) is 9.59 Å². The van der Waals surface area contributed by atoms with Gasteiger partial charge in [-0.3, -0.25) is 9.59 Å². The predicted octanol–water partition coefficient (Wildman–Crippen LogP) is 0.704. The zero-order valence-corrected chi connectivity index (χ0v) is 10.6. The van der Waals surface area contributed by atoms with Crippen LogP contribution in [-0.4, -0.2) is 32.7 Å². The first-order chi connectivity index (χ1) is 7.95. The van der Waals surface area contributed by atoms with Gasteiger partial charge in [0.05, 0.1) is 5.69 Å². The van der Waals surface area contributed by atoms with Crippen LogP contribution in [0, 0.1) is 6.92 Å². The van der Waals surface area contributed by atoms with Crippen molar-refractivity contribution in [2.75, 3.05) is 0 Å². The van der Waals surface area contributed by atoms with Gasteiger partial charge in [-0.2, -0.15) is 0 Å². The standard InChI is InChI=1S/C11H18N4O2/c1-5-7(2)12-10(17)6-15-8(3)11(9(4)16)13-14-15/h7H,5-6H2,1-4H3,(H,12,17). The minimum atomic E-state index is -0.143. The minimum Gasteiger partial charge on any atom is -0.352 e. The van der Waals surface area contributed by atoms with Gasteiger partial charge in [0, 0.05) is 13.0 Å². The molecule has 1 rings (SSSR count). The molecular formula is C11H18N4O2. The fourth-order valence-corrected chi connectivity index (χ4v) is 1.39. The van der Waals surface area contributed by atoms with Crippen molar-refractivity contribution in [1.29, 1.82) is 0 Å². The second kappa shape index (κ2) is 5.56. The highest BCUT2D eigenvalue weighted by Gasteiger charge is 2.15. The first-order valence-corrected chi connectivity index (χ1v) is 5.66. The maximum atomic E-state index is 11.6. The molecule has 94 valence electrons. The molecular weight excluding hydrogens is 220 g/mol. The lowest BCUT2D eigenvalue weighted by Crippen LogP contribution is -2.35.